The van der Waals surface area contributed by atoms with Crippen LogP contribution in [0.4, 0.5) is 5.69 Å². The second-order valence-electron chi connectivity index (χ2n) is 5.72. The van der Waals surface area contributed by atoms with Gasteiger partial charge in [0.25, 0.3) is 5.91 Å². The number of piperidine rings is 1. The Hall–Kier alpha value is -2.28. The van der Waals surface area contributed by atoms with Gasteiger partial charge in [0.05, 0.1) is 0 Å². The summed E-state index contributed by atoms with van der Waals surface area (Å²) in [5.41, 5.74) is 1.90. The number of nitrogens with one attached hydrogen (secondary N) is 1. The first-order valence-corrected chi connectivity index (χ1v) is 7.90. The molecule has 4 heteroatoms. The second kappa shape index (κ2) is 7.65. The molecular formula is C18H23N3O. The highest BCUT2D eigenvalue weighted by Gasteiger charge is 2.20. The largest absolute Gasteiger partial charge is 0.373 e. The van der Waals surface area contributed by atoms with Crippen molar-refractivity contribution in [2.75, 3.05) is 11.9 Å². The summed E-state index contributed by atoms with van der Waals surface area (Å²) in [6.07, 6.45) is 6.24. The number of anilines is 1. The van der Waals surface area contributed by atoms with Crippen LogP contribution in [0, 0.1) is 18.3 Å². The Morgan fingerprint density at radius 2 is 2.23 bits per heavy atom. The summed E-state index contributed by atoms with van der Waals surface area (Å²) in [7, 11) is 0. The van der Waals surface area contributed by atoms with Gasteiger partial charge >= 0.3 is 0 Å². The molecule has 1 amide bonds. The molecule has 1 aliphatic heterocycles. The Kier molecular flexibility index (Phi) is 5.60. The second-order valence-corrected chi connectivity index (χ2v) is 5.72. The van der Waals surface area contributed by atoms with Crippen molar-refractivity contribution in [3.63, 3.8) is 0 Å². The number of amides is 1. The van der Waals surface area contributed by atoms with E-state index in [1.807, 2.05) is 37.3 Å². The van der Waals surface area contributed by atoms with Crippen molar-refractivity contribution in [1.29, 1.82) is 5.26 Å². The first kappa shape index (κ1) is 16.1. The molecule has 1 atom stereocenters. The summed E-state index contributed by atoms with van der Waals surface area (Å²) >= 11 is 0. The van der Waals surface area contributed by atoms with Crippen LogP contribution in [0.15, 0.2) is 36.0 Å². The zero-order valence-electron chi connectivity index (χ0n) is 13.3. The molecule has 1 unspecified atom stereocenters. The SMILES string of the molecule is CCC1CCCCN1/C=C(/C#N)C(=O)Nc1ccccc1C. The van der Waals surface area contributed by atoms with E-state index in [1.165, 1.54) is 6.42 Å². The van der Waals surface area contributed by atoms with Crippen molar-refractivity contribution in [1.82, 2.24) is 4.90 Å². The lowest BCUT2D eigenvalue weighted by Gasteiger charge is -2.34. The van der Waals surface area contributed by atoms with E-state index in [9.17, 15) is 10.1 Å². The fourth-order valence-electron chi connectivity index (χ4n) is 2.84. The van der Waals surface area contributed by atoms with E-state index in [0.29, 0.717) is 6.04 Å². The maximum atomic E-state index is 12.3. The van der Waals surface area contributed by atoms with Crippen LogP contribution in [0.5, 0.6) is 0 Å². The summed E-state index contributed by atoms with van der Waals surface area (Å²) in [6.45, 7) is 5.00. The quantitative estimate of drug-likeness (QED) is 0.682. The van der Waals surface area contributed by atoms with E-state index < -0.39 is 0 Å². The zero-order valence-corrected chi connectivity index (χ0v) is 13.3. The number of benzene rings is 1. The van der Waals surface area contributed by atoms with Gasteiger partial charge < -0.3 is 10.2 Å². The van der Waals surface area contributed by atoms with Gasteiger partial charge in [0, 0.05) is 24.5 Å². The van der Waals surface area contributed by atoms with Gasteiger partial charge in [-0.25, -0.2) is 0 Å². The highest BCUT2D eigenvalue weighted by atomic mass is 16.1. The van der Waals surface area contributed by atoms with Crippen molar-refractivity contribution in [2.24, 2.45) is 0 Å². The lowest BCUT2D eigenvalue weighted by Crippen LogP contribution is -2.35. The first-order valence-electron chi connectivity index (χ1n) is 7.90. The average Bonchev–Trinajstić information content (AvgIpc) is 2.55. The summed E-state index contributed by atoms with van der Waals surface area (Å²) in [5.74, 6) is -0.336. The molecule has 116 valence electrons. The van der Waals surface area contributed by atoms with Crippen LogP contribution < -0.4 is 5.32 Å². The minimum absolute atomic E-state index is 0.170. The summed E-state index contributed by atoms with van der Waals surface area (Å²) in [4.78, 5) is 14.5. The van der Waals surface area contributed by atoms with Crippen molar-refractivity contribution >= 4 is 11.6 Å². The molecule has 0 spiro atoms. The van der Waals surface area contributed by atoms with Crippen LogP contribution in [0.3, 0.4) is 0 Å². The van der Waals surface area contributed by atoms with Crippen molar-refractivity contribution < 1.29 is 4.79 Å². The number of rotatable bonds is 4. The Morgan fingerprint density at radius 3 is 2.91 bits per heavy atom. The monoisotopic (exact) mass is 297 g/mol. The fraction of sp³-hybridized carbons (Fsp3) is 0.444. The first-order chi connectivity index (χ1) is 10.7. The minimum atomic E-state index is -0.336. The maximum absolute atomic E-state index is 12.3. The average molecular weight is 297 g/mol. The molecule has 22 heavy (non-hydrogen) atoms. The van der Waals surface area contributed by atoms with E-state index in [2.05, 4.69) is 17.1 Å². The van der Waals surface area contributed by atoms with Gasteiger partial charge in [-0.3, -0.25) is 4.79 Å². The van der Waals surface area contributed by atoms with Crippen LogP contribution in [-0.4, -0.2) is 23.4 Å². The maximum Gasteiger partial charge on any atom is 0.267 e. The van der Waals surface area contributed by atoms with Crippen LogP contribution in [0.25, 0.3) is 0 Å². The topological polar surface area (TPSA) is 56.1 Å². The van der Waals surface area contributed by atoms with E-state index in [1.54, 1.807) is 6.20 Å². The Morgan fingerprint density at radius 1 is 1.45 bits per heavy atom. The molecule has 0 radical (unpaired) electrons. The normalized spacial score (nSPS) is 18.7. The van der Waals surface area contributed by atoms with Gasteiger partial charge in [-0.15, -0.1) is 0 Å². The zero-order chi connectivity index (χ0) is 15.9. The predicted octanol–water partition coefficient (Wildman–Crippen LogP) is 3.61. The minimum Gasteiger partial charge on any atom is -0.373 e. The van der Waals surface area contributed by atoms with Gasteiger partial charge in [0.2, 0.25) is 0 Å². The lowest BCUT2D eigenvalue weighted by molar-refractivity contribution is -0.112. The number of carbonyl (C=O) groups excluding carboxylic acids is 1. The van der Waals surface area contributed by atoms with Gasteiger partial charge in [-0.2, -0.15) is 5.26 Å². The van der Waals surface area contributed by atoms with Gasteiger partial charge in [0.15, 0.2) is 0 Å². The van der Waals surface area contributed by atoms with Gasteiger partial charge in [0.1, 0.15) is 11.6 Å². The molecule has 0 bridgehead atoms. The lowest BCUT2D eigenvalue weighted by atomic mass is 10.0. The Labute approximate surface area is 132 Å². The highest BCUT2D eigenvalue weighted by Crippen LogP contribution is 2.21. The van der Waals surface area contributed by atoms with Crippen molar-refractivity contribution in [2.45, 2.75) is 45.6 Å². The van der Waals surface area contributed by atoms with Crippen LogP contribution in [0.2, 0.25) is 0 Å². The fourth-order valence-corrected chi connectivity index (χ4v) is 2.84. The number of aryl methyl sites for hydroxylation is 1. The molecule has 1 aliphatic rings. The molecule has 0 saturated carbocycles. The van der Waals surface area contributed by atoms with Crippen LogP contribution in [0.1, 0.15) is 38.2 Å². The molecule has 1 heterocycles. The van der Waals surface area contributed by atoms with Gasteiger partial charge in [-0.1, -0.05) is 25.1 Å². The molecule has 4 nitrogen and oxygen atoms in total. The number of hydrogen-bond donors (Lipinski definition) is 1. The molecule has 1 aromatic rings. The molecule has 1 fully saturated rings. The number of nitrogens with zero attached hydrogens (tertiary/aromatic N) is 2. The summed E-state index contributed by atoms with van der Waals surface area (Å²) in [5, 5.41) is 12.2. The summed E-state index contributed by atoms with van der Waals surface area (Å²) < 4.78 is 0. The van der Waals surface area contributed by atoms with E-state index in [4.69, 9.17) is 0 Å². The van der Waals surface area contributed by atoms with Gasteiger partial charge in [-0.05, 0) is 44.2 Å². The smallest absolute Gasteiger partial charge is 0.267 e. The molecule has 0 aliphatic carbocycles. The molecule has 1 aromatic carbocycles. The number of para-hydroxylation sites is 1. The van der Waals surface area contributed by atoms with Crippen LogP contribution >= 0.6 is 0 Å². The number of carbonyl (C=O) groups is 1. The third-order valence-electron chi connectivity index (χ3n) is 4.20. The van der Waals surface area contributed by atoms with E-state index in [0.717, 1.165) is 37.1 Å². The Bertz CT molecular complexity index is 601. The third kappa shape index (κ3) is 3.88. The molecule has 1 N–H and O–H groups in total. The number of likely N-dealkylation sites (tertiary alicyclic amines) is 1. The highest BCUT2D eigenvalue weighted by molar-refractivity contribution is 6.06. The number of hydrogen-bond acceptors (Lipinski definition) is 3. The predicted molar refractivity (Wildman–Crippen MR) is 88.1 cm³/mol. The molecule has 2 rings (SSSR count). The number of nitriles is 1. The third-order valence-corrected chi connectivity index (χ3v) is 4.20. The standard InChI is InChI=1S/C18H23N3O/c1-3-16-9-6-7-11-21(16)13-15(12-19)18(22)20-17-10-5-4-8-14(17)2/h4-5,8,10,13,16H,3,6-7,9,11H2,1-2H3,(H,20,22)/b15-13-. The van der Waals surface area contributed by atoms with Crippen molar-refractivity contribution in [3.8, 4) is 6.07 Å². The van der Waals surface area contributed by atoms with E-state index >= 15 is 0 Å². The summed E-state index contributed by atoms with van der Waals surface area (Å²) in [6, 6.07) is 10.0. The molecule has 0 aromatic heterocycles. The van der Waals surface area contributed by atoms with E-state index in [-0.39, 0.29) is 11.5 Å². The Balaban J connectivity index is 2.13. The molecular weight excluding hydrogens is 274 g/mol. The van der Waals surface area contributed by atoms with Crippen molar-refractivity contribution in [3.05, 3.63) is 41.6 Å². The molecule has 1 saturated heterocycles. The van der Waals surface area contributed by atoms with Crippen LogP contribution in [-0.2, 0) is 4.79 Å².